The third-order valence-electron chi connectivity index (χ3n) is 2.51. The summed E-state index contributed by atoms with van der Waals surface area (Å²) in [5, 5.41) is 3.40. The summed E-state index contributed by atoms with van der Waals surface area (Å²) in [6.07, 6.45) is 3.15. The van der Waals surface area contributed by atoms with Crippen LogP contribution in [0.2, 0.25) is 5.02 Å². The number of esters is 1. The molecule has 0 bridgehead atoms. The molecule has 1 amide bonds. The molecule has 0 unspecified atom stereocenters. The average Bonchev–Trinajstić information content (AvgIpc) is 2.87. The van der Waals surface area contributed by atoms with Gasteiger partial charge in [-0.25, -0.2) is 19.7 Å². The summed E-state index contributed by atoms with van der Waals surface area (Å²) < 4.78 is 4.64. The van der Waals surface area contributed by atoms with Crippen LogP contribution in [0.25, 0.3) is 0 Å². The van der Waals surface area contributed by atoms with Crippen molar-refractivity contribution in [3.63, 3.8) is 0 Å². The highest BCUT2D eigenvalue weighted by Gasteiger charge is 2.19. The minimum absolute atomic E-state index is 0.0495. The molecule has 0 aromatic carbocycles. The van der Waals surface area contributed by atoms with Crippen molar-refractivity contribution in [2.75, 3.05) is 18.7 Å². The molecule has 2 aromatic heterocycles. The zero-order valence-corrected chi connectivity index (χ0v) is 14.2. The lowest BCUT2D eigenvalue weighted by atomic mass is 10.4. The number of carbonyl (C=O) groups excluding carboxylic acids is 2. The molecule has 10 heteroatoms. The number of aromatic nitrogens is 3. The van der Waals surface area contributed by atoms with Crippen LogP contribution in [0.5, 0.6) is 0 Å². The third-order valence-corrected chi connectivity index (χ3v) is 4.40. The molecular formula is C12H11ClN4O3S2. The van der Waals surface area contributed by atoms with E-state index in [1.165, 1.54) is 25.1 Å². The van der Waals surface area contributed by atoms with E-state index in [0.29, 0.717) is 15.7 Å². The predicted molar refractivity (Wildman–Crippen MR) is 85.0 cm³/mol. The number of nitrogens with one attached hydrogen (secondary N) is 1. The maximum atomic E-state index is 12.2. The van der Waals surface area contributed by atoms with Crippen LogP contribution in [0.3, 0.4) is 0 Å². The number of nitrogens with zero attached hydrogens (tertiary/aromatic N) is 3. The highest BCUT2D eigenvalue weighted by atomic mass is 35.5. The quantitative estimate of drug-likeness (QED) is 0.510. The molecule has 1 N–H and O–H groups in total. The first-order chi connectivity index (χ1) is 10.5. The summed E-state index contributed by atoms with van der Waals surface area (Å²) in [6.45, 7) is 1.65. The van der Waals surface area contributed by atoms with Crippen LogP contribution in [-0.2, 0) is 4.74 Å². The lowest BCUT2D eigenvalue weighted by molar-refractivity contribution is 0.0605. The fourth-order valence-electron chi connectivity index (χ4n) is 1.50. The van der Waals surface area contributed by atoms with E-state index in [2.05, 4.69) is 25.0 Å². The highest BCUT2D eigenvalue weighted by Crippen LogP contribution is 2.24. The van der Waals surface area contributed by atoms with E-state index < -0.39 is 11.9 Å². The minimum atomic E-state index is -0.520. The summed E-state index contributed by atoms with van der Waals surface area (Å²) in [5.41, 5.74) is 0.527. The first kappa shape index (κ1) is 16.7. The first-order valence-corrected chi connectivity index (χ1v) is 8.31. The van der Waals surface area contributed by atoms with Gasteiger partial charge in [0.1, 0.15) is 4.88 Å². The molecule has 0 saturated heterocycles. The lowest BCUT2D eigenvalue weighted by Crippen LogP contribution is -2.15. The normalized spacial score (nSPS) is 10.4. The number of hydrogen-bond acceptors (Lipinski definition) is 8. The Labute approximate surface area is 139 Å². The molecule has 0 aliphatic carbocycles. The number of thiazole rings is 1. The van der Waals surface area contributed by atoms with Gasteiger partial charge in [0.15, 0.2) is 16.0 Å². The molecule has 0 aliphatic heterocycles. The summed E-state index contributed by atoms with van der Waals surface area (Å²) in [5.74, 6) is -1.02. The van der Waals surface area contributed by atoms with Gasteiger partial charge in [-0.1, -0.05) is 34.7 Å². The molecule has 0 atom stereocenters. The standard InChI is InChI=1S/C12H11ClN4O3S2/c1-5-8(10(19)20-2)22-12(15-5)17-9(18)7-6(13)4-14-11(16-7)21-3/h4H,1-3H3,(H,15,17,18). The van der Waals surface area contributed by atoms with Crippen molar-refractivity contribution in [3.05, 3.63) is 27.5 Å². The van der Waals surface area contributed by atoms with E-state index in [9.17, 15) is 9.59 Å². The van der Waals surface area contributed by atoms with Gasteiger partial charge in [0.05, 0.1) is 24.0 Å². The van der Waals surface area contributed by atoms with Crippen molar-refractivity contribution in [2.45, 2.75) is 12.1 Å². The number of thioether (sulfide) groups is 1. The van der Waals surface area contributed by atoms with Gasteiger partial charge >= 0.3 is 5.97 Å². The van der Waals surface area contributed by atoms with Crippen LogP contribution in [0.15, 0.2) is 11.4 Å². The molecule has 2 rings (SSSR count). The van der Waals surface area contributed by atoms with Crippen molar-refractivity contribution in [1.29, 1.82) is 0 Å². The first-order valence-electron chi connectivity index (χ1n) is 5.90. The number of rotatable bonds is 4. The smallest absolute Gasteiger partial charge is 0.350 e. The Balaban J connectivity index is 2.24. The van der Waals surface area contributed by atoms with Crippen molar-refractivity contribution in [1.82, 2.24) is 15.0 Å². The molecule has 116 valence electrons. The Morgan fingerprint density at radius 3 is 2.77 bits per heavy atom. The SMILES string of the molecule is COC(=O)c1sc(NC(=O)c2nc(SC)ncc2Cl)nc1C. The van der Waals surface area contributed by atoms with Gasteiger partial charge in [-0.3, -0.25) is 10.1 Å². The van der Waals surface area contributed by atoms with Gasteiger partial charge < -0.3 is 4.74 Å². The van der Waals surface area contributed by atoms with Crippen molar-refractivity contribution >= 4 is 51.7 Å². The Kier molecular flexibility index (Phi) is 5.33. The molecule has 0 fully saturated rings. The molecule has 0 aliphatic rings. The maximum absolute atomic E-state index is 12.2. The van der Waals surface area contributed by atoms with E-state index in [1.807, 2.05) is 0 Å². The number of ether oxygens (including phenoxy) is 1. The number of methoxy groups -OCH3 is 1. The largest absolute Gasteiger partial charge is 0.465 e. The minimum Gasteiger partial charge on any atom is -0.465 e. The lowest BCUT2D eigenvalue weighted by Gasteiger charge is -2.04. The Hall–Kier alpha value is -1.71. The van der Waals surface area contributed by atoms with Gasteiger partial charge in [-0.15, -0.1) is 0 Å². The van der Waals surface area contributed by atoms with E-state index in [4.69, 9.17) is 11.6 Å². The zero-order chi connectivity index (χ0) is 16.3. The summed E-state index contributed by atoms with van der Waals surface area (Å²) in [7, 11) is 1.28. The second kappa shape index (κ2) is 7.03. The van der Waals surface area contributed by atoms with Crippen molar-refractivity contribution in [2.24, 2.45) is 0 Å². The summed E-state index contributed by atoms with van der Waals surface area (Å²) in [4.78, 5) is 36.2. The van der Waals surface area contributed by atoms with Crippen LogP contribution in [0.1, 0.15) is 25.9 Å². The van der Waals surface area contributed by atoms with Crippen LogP contribution < -0.4 is 5.32 Å². The molecule has 0 radical (unpaired) electrons. The van der Waals surface area contributed by atoms with Gasteiger partial charge in [0.2, 0.25) is 0 Å². The van der Waals surface area contributed by atoms with Gasteiger partial charge in [0, 0.05) is 0 Å². The number of halogens is 1. The van der Waals surface area contributed by atoms with Crippen molar-refractivity contribution in [3.8, 4) is 0 Å². The number of anilines is 1. The number of amides is 1. The zero-order valence-electron chi connectivity index (χ0n) is 11.8. The highest BCUT2D eigenvalue weighted by molar-refractivity contribution is 7.98. The second-order valence-corrected chi connectivity index (χ2v) is 6.11. The van der Waals surface area contributed by atoms with Crippen LogP contribution in [0, 0.1) is 6.92 Å². The molecule has 2 aromatic rings. The molecule has 7 nitrogen and oxygen atoms in total. The van der Waals surface area contributed by atoms with E-state index >= 15 is 0 Å². The number of hydrogen-bond donors (Lipinski definition) is 1. The van der Waals surface area contributed by atoms with E-state index in [0.717, 1.165) is 11.3 Å². The topological polar surface area (TPSA) is 94.1 Å². The van der Waals surface area contributed by atoms with Crippen LogP contribution in [-0.4, -0.2) is 40.2 Å². The van der Waals surface area contributed by atoms with Crippen LogP contribution in [0.4, 0.5) is 5.13 Å². The van der Waals surface area contributed by atoms with E-state index in [1.54, 1.807) is 13.2 Å². The number of aryl methyl sites for hydroxylation is 1. The predicted octanol–water partition coefficient (Wildman–Crippen LogP) is 2.66. The summed E-state index contributed by atoms with van der Waals surface area (Å²) >= 11 is 8.25. The average molecular weight is 359 g/mol. The molecule has 0 saturated carbocycles. The molecule has 22 heavy (non-hydrogen) atoms. The summed E-state index contributed by atoms with van der Waals surface area (Å²) in [6, 6.07) is 0. The monoisotopic (exact) mass is 358 g/mol. The van der Waals surface area contributed by atoms with Gasteiger partial charge in [0.25, 0.3) is 5.91 Å². The van der Waals surface area contributed by atoms with Crippen LogP contribution >= 0.6 is 34.7 Å². The van der Waals surface area contributed by atoms with E-state index in [-0.39, 0.29) is 15.8 Å². The van der Waals surface area contributed by atoms with Crippen molar-refractivity contribution < 1.29 is 14.3 Å². The maximum Gasteiger partial charge on any atom is 0.350 e. The Morgan fingerprint density at radius 2 is 2.14 bits per heavy atom. The molecule has 2 heterocycles. The third kappa shape index (κ3) is 3.54. The van der Waals surface area contributed by atoms with Gasteiger partial charge in [-0.2, -0.15) is 0 Å². The Bertz CT molecular complexity index is 735. The number of carbonyl (C=O) groups is 2. The fourth-order valence-corrected chi connectivity index (χ4v) is 2.89. The fraction of sp³-hybridized carbons (Fsp3) is 0.250. The second-order valence-electron chi connectivity index (χ2n) is 3.93. The molecule has 0 spiro atoms. The Morgan fingerprint density at radius 1 is 1.41 bits per heavy atom. The van der Waals surface area contributed by atoms with Gasteiger partial charge in [-0.05, 0) is 13.2 Å². The molecular weight excluding hydrogens is 348 g/mol.